The van der Waals surface area contributed by atoms with Crippen LogP contribution < -0.4 is 0 Å². The fourth-order valence-electron chi connectivity index (χ4n) is 11.1. The molecule has 0 atom stereocenters. The van der Waals surface area contributed by atoms with Crippen LogP contribution in [0.2, 0.25) is 0 Å². The standard InChI is InChI=1S/C37H38.C16H16.C13H12.C2H6/c1-23-15-17-32-33-18-16-27(22-35(33)37(5,6)34(32)21-23)31-20-19-30(28-13-9-7-11-24(28)2)26(4)36(31)29-14-10-8-12-25(29)3;1-11-7-6-10-14-15(11)12-8-4-5-9-13(12)16(14,2)3;1-11-7-9-13(10-8-11)12-5-3-2-4-6-12;1-2/h9-10,13-22H,7-8,11-12H2,1-6H3;4-10H,1-3H3;2-10H,1H3;1-2H3. The van der Waals surface area contributed by atoms with Crippen LogP contribution in [0.15, 0.2) is 181 Å². The Hall–Kier alpha value is -6.50. The predicted molar refractivity (Wildman–Crippen MR) is 298 cm³/mol. The topological polar surface area (TPSA) is 0 Å². The second kappa shape index (κ2) is 20.0. The molecule has 4 aliphatic rings. The van der Waals surface area contributed by atoms with Crippen LogP contribution in [0.5, 0.6) is 0 Å². The summed E-state index contributed by atoms with van der Waals surface area (Å²) < 4.78 is 0. The first-order valence-electron chi connectivity index (χ1n) is 25.2. The van der Waals surface area contributed by atoms with Gasteiger partial charge in [0.25, 0.3) is 0 Å². The van der Waals surface area contributed by atoms with Gasteiger partial charge in [0, 0.05) is 10.8 Å². The third-order valence-electron chi connectivity index (χ3n) is 15.0. The molecule has 0 bridgehead atoms. The first-order valence-corrected chi connectivity index (χ1v) is 25.2. The van der Waals surface area contributed by atoms with E-state index in [1.165, 1.54) is 122 Å². The Morgan fingerprint density at radius 2 is 0.882 bits per heavy atom. The van der Waals surface area contributed by atoms with E-state index < -0.39 is 0 Å². The number of benzene rings is 7. The molecule has 4 aliphatic carbocycles. The van der Waals surface area contributed by atoms with Crippen molar-refractivity contribution in [3.8, 4) is 44.5 Å². The minimum Gasteiger partial charge on any atom is -0.0836 e. The minimum absolute atomic E-state index is 0.00339. The fraction of sp³-hybridized carbons (Fsp3) is 0.265. The Labute approximate surface area is 409 Å². The average Bonchev–Trinajstić information content (AvgIpc) is 3.73. The molecule has 0 aliphatic heterocycles. The highest BCUT2D eigenvalue weighted by atomic mass is 14.4. The molecule has 0 saturated heterocycles. The number of rotatable bonds is 4. The maximum Gasteiger partial charge on any atom is 0.0159 e. The van der Waals surface area contributed by atoms with Crippen molar-refractivity contribution in [2.24, 2.45) is 0 Å². The van der Waals surface area contributed by atoms with Gasteiger partial charge in [0.2, 0.25) is 0 Å². The zero-order chi connectivity index (χ0) is 48.3. The molecule has 0 aromatic heterocycles. The maximum atomic E-state index is 2.48. The SMILES string of the molecule is CC.CC1=C(c2ccc(-c3ccc4c(c3)C(C)(C)c3cc(C)ccc3-4)c(C3=C(C)CCC=C3)c2C)C=CCC1.Cc1ccc(-c2ccccc2)cc1.Cc1cccc2c1-c1ccccc1C2(C)C. The Kier molecular flexibility index (Phi) is 14.1. The van der Waals surface area contributed by atoms with Crippen molar-refractivity contribution in [1.29, 1.82) is 0 Å². The van der Waals surface area contributed by atoms with Crippen molar-refractivity contribution in [2.45, 2.75) is 120 Å². The Balaban J connectivity index is 0.000000164. The molecule has 0 saturated carbocycles. The number of hydrogen-bond acceptors (Lipinski definition) is 0. The molecule has 0 amide bonds. The van der Waals surface area contributed by atoms with Gasteiger partial charge < -0.3 is 0 Å². The number of aryl methyl sites for hydroxylation is 3. The van der Waals surface area contributed by atoms with Crippen LogP contribution >= 0.6 is 0 Å². The van der Waals surface area contributed by atoms with Gasteiger partial charge in [0.15, 0.2) is 0 Å². The second-order valence-corrected chi connectivity index (χ2v) is 20.3. The molecule has 0 unspecified atom stereocenters. The normalized spacial score (nSPS) is 15.4. The van der Waals surface area contributed by atoms with Gasteiger partial charge in [-0.25, -0.2) is 0 Å². The van der Waals surface area contributed by atoms with E-state index >= 15 is 0 Å². The molecule has 0 fully saturated rings. The summed E-state index contributed by atoms with van der Waals surface area (Å²) in [6.07, 6.45) is 14.0. The highest BCUT2D eigenvalue weighted by Gasteiger charge is 2.37. The highest BCUT2D eigenvalue weighted by molar-refractivity contribution is 5.94. The van der Waals surface area contributed by atoms with E-state index in [2.05, 4.69) is 233 Å². The van der Waals surface area contributed by atoms with Gasteiger partial charge in [-0.1, -0.05) is 228 Å². The van der Waals surface area contributed by atoms with Gasteiger partial charge in [-0.05, 0) is 173 Å². The van der Waals surface area contributed by atoms with Gasteiger partial charge in [-0.15, -0.1) is 0 Å². The van der Waals surface area contributed by atoms with Gasteiger partial charge in [0.05, 0.1) is 0 Å². The first-order chi connectivity index (χ1) is 32.8. The van der Waals surface area contributed by atoms with E-state index in [-0.39, 0.29) is 10.8 Å². The molecule has 0 heterocycles. The van der Waals surface area contributed by atoms with Crippen LogP contribution in [-0.2, 0) is 10.8 Å². The van der Waals surface area contributed by atoms with E-state index in [9.17, 15) is 0 Å². The second-order valence-electron chi connectivity index (χ2n) is 20.3. The molecule has 344 valence electrons. The van der Waals surface area contributed by atoms with Crippen molar-refractivity contribution in [1.82, 2.24) is 0 Å². The quantitative estimate of drug-likeness (QED) is 0.165. The van der Waals surface area contributed by atoms with E-state index in [0.717, 1.165) is 25.7 Å². The third-order valence-corrected chi connectivity index (χ3v) is 15.0. The molecular weight excluding hydrogens is 817 g/mol. The molecule has 0 spiro atoms. The summed E-state index contributed by atoms with van der Waals surface area (Å²) in [7, 11) is 0. The summed E-state index contributed by atoms with van der Waals surface area (Å²) in [5.74, 6) is 0. The lowest BCUT2D eigenvalue weighted by molar-refractivity contribution is 0.660. The molecule has 0 radical (unpaired) electrons. The van der Waals surface area contributed by atoms with Gasteiger partial charge in [-0.2, -0.15) is 0 Å². The summed E-state index contributed by atoms with van der Waals surface area (Å²) >= 11 is 0. The molecule has 7 aromatic rings. The number of hydrogen-bond donors (Lipinski definition) is 0. The van der Waals surface area contributed by atoms with Crippen molar-refractivity contribution in [3.63, 3.8) is 0 Å². The first kappa shape index (κ1) is 48.0. The van der Waals surface area contributed by atoms with E-state index in [1.54, 1.807) is 0 Å². The van der Waals surface area contributed by atoms with Crippen molar-refractivity contribution in [2.75, 3.05) is 0 Å². The molecule has 11 rings (SSSR count). The summed E-state index contributed by atoms with van der Waals surface area (Å²) in [5.41, 5.74) is 30.9. The van der Waals surface area contributed by atoms with Crippen LogP contribution in [0.1, 0.15) is 137 Å². The average molecular weight is 889 g/mol. The van der Waals surface area contributed by atoms with Gasteiger partial charge >= 0.3 is 0 Å². The summed E-state index contributed by atoms with van der Waals surface area (Å²) in [5, 5.41) is 0. The Bertz CT molecular complexity index is 3100. The summed E-state index contributed by atoms with van der Waals surface area (Å²) in [4.78, 5) is 0. The molecule has 7 aromatic carbocycles. The fourth-order valence-corrected chi connectivity index (χ4v) is 11.1. The zero-order valence-corrected chi connectivity index (χ0v) is 43.0. The lowest BCUT2D eigenvalue weighted by Gasteiger charge is -2.25. The van der Waals surface area contributed by atoms with E-state index in [0.29, 0.717) is 0 Å². The molecular formula is C68H72. The zero-order valence-electron chi connectivity index (χ0n) is 43.0. The van der Waals surface area contributed by atoms with Crippen LogP contribution in [0, 0.1) is 27.7 Å². The Morgan fingerprint density at radius 1 is 0.368 bits per heavy atom. The monoisotopic (exact) mass is 889 g/mol. The van der Waals surface area contributed by atoms with Crippen LogP contribution in [0.25, 0.3) is 55.7 Å². The molecule has 68 heavy (non-hydrogen) atoms. The largest absolute Gasteiger partial charge is 0.0836 e. The number of allylic oxidation sites excluding steroid dienone is 8. The van der Waals surface area contributed by atoms with Crippen molar-refractivity contribution in [3.05, 3.63) is 237 Å². The summed E-state index contributed by atoms with van der Waals surface area (Å²) in [6, 6.07) is 53.4. The minimum atomic E-state index is -0.00339. The van der Waals surface area contributed by atoms with Crippen molar-refractivity contribution >= 4 is 11.1 Å². The Morgan fingerprint density at radius 3 is 1.56 bits per heavy atom. The molecule has 0 heteroatoms. The van der Waals surface area contributed by atoms with Crippen molar-refractivity contribution < 1.29 is 0 Å². The van der Waals surface area contributed by atoms with E-state index in [1.807, 2.05) is 19.9 Å². The highest BCUT2D eigenvalue weighted by Crippen LogP contribution is 2.52. The lowest BCUT2D eigenvalue weighted by atomic mass is 9.79. The molecule has 0 N–H and O–H groups in total. The molecule has 0 nitrogen and oxygen atoms in total. The lowest BCUT2D eigenvalue weighted by Crippen LogP contribution is -2.15. The van der Waals surface area contributed by atoms with Gasteiger partial charge in [0.1, 0.15) is 0 Å². The van der Waals surface area contributed by atoms with Crippen LogP contribution in [0.4, 0.5) is 0 Å². The smallest absolute Gasteiger partial charge is 0.0159 e. The third kappa shape index (κ3) is 9.11. The van der Waals surface area contributed by atoms with E-state index in [4.69, 9.17) is 0 Å². The number of fused-ring (bicyclic) bond motifs is 6. The van der Waals surface area contributed by atoms with Crippen LogP contribution in [-0.4, -0.2) is 0 Å². The predicted octanol–water partition coefficient (Wildman–Crippen LogP) is 19.5. The maximum absolute atomic E-state index is 2.48. The van der Waals surface area contributed by atoms with Gasteiger partial charge in [-0.3, -0.25) is 0 Å². The summed E-state index contributed by atoms with van der Waals surface area (Å²) in [6.45, 7) is 26.9. The van der Waals surface area contributed by atoms with Crippen LogP contribution in [0.3, 0.4) is 0 Å².